The lowest BCUT2D eigenvalue weighted by molar-refractivity contribution is -0.174. The molecular weight excluding hydrogens is 252 g/mol. The second-order valence-electron chi connectivity index (χ2n) is 5.25. The van der Waals surface area contributed by atoms with Crippen LogP contribution in [0, 0.1) is 18.3 Å². The zero-order valence-electron chi connectivity index (χ0n) is 11.5. The molecule has 3 nitrogen and oxygen atoms in total. The topological polar surface area (TPSA) is 46.5 Å². The third kappa shape index (κ3) is 2.86. The van der Waals surface area contributed by atoms with Gasteiger partial charge in [-0.25, -0.2) is 4.79 Å². The highest BCUT2D eigenvalue weighted by Gasteiger charge is 2.46. The SMILES string of the molecule is C#CCOC(=O)C(O)(c1ccccc1)C1CCCCC1. The Morgan fingerprint density at radius 3 is 2.55 bits per heavy atom. The molecule has 0 aliphatic heterocycles. The van der Waals surface area contributed by atoms with Crippen LogP contribution in [-0.2, 0) is 15.1 Å². The third-order valence-corrected chi connectivity index (χ3v) is 4.01. The summed E-state index contributed by atoms with van der Waals surface area (Å²) in [6.07, 6.45) is 10.0. The smallest absolute Gasteiger partial charge is 0.344 e. The summed E-state index contributed by atoms with van der Waals surface area (Å²) in [6, 6.07) is 9.03. The number of terminal acetylenes is 1. The van der Waals surface area contributed by atoms with Crippen LogP contribution in [-0.4, -0.2) is 17.7 Å². The van der Waals surface area contributed by atoms with Gasteiger partial charge in [-0.05, 0) is 18.4 Å². The van der Waals surface area contributed by atoms with E-state index in [0.29, 0.717) is 5.56 Å². The molecule has 3 heteroatoms. The molecule has 0 amide bonds. The number of ether oxygens (including phenoxy) is 1. The molecule has 1 fully saturated rings. The molecular formula is C17H20O3. The van der Waals surface area contributed by atoms with Crippen molar-refractivity contribution in [2.24, 2.45) is 5.92 Å². The molecule has 1 aromatic carbocycles. The Kier molecular flexibility index (Phi) is 4.81. The van der Waals surface area contributed by atoms with Crippen molar-refractivity contribution in [1.29, 1.82) is 0 Å². The van der Waals surface area contributed by atoms with Crippen LogP contribution in [0.4, 0.5) is 0 Å². The largest absolute Gasteiger partial charge is 0.450 e. The van der Waals surface area contributed by atoms with Gasteiger partial charge in [-0.3, -0.25) is 0 Å². The van der Waals surface area contributed by atoms with Crippen molar-refractivity contribution >= 4 is 5.97 Å². The third-order valence-electron chi connectivity index (χ3n) is 4.01. The van der Waals surface area contributed by atoms with Gasteiger partial charge in [0, 0.05) is 5.92 Å². The number of hydrogen-bond donors (Lipinski definition) is 1. The number of rotatable bonds is 4. The predicted molar refractivity (Wildman–Crippen MR) is 76.7 cm³/mol. The fourth-order valence-electron chi connectivity index (χ4n) is 2.95. The summed E-state index contributed by atoms with van der Waals surface area (Å²) in [5.41, 5.74) is -0.993. The Balaban J connectivity index is 2.32. The van der Waals surface area contributed by atoms with E-state index in [9.17, 15) is 9.90 Å². The minimum Gasteiger partial charge on any atom is -0.450 e. The average Bonchev–Trinajstić information content (AvgIpc) is 2.53. The molecule has 0 bridgehead atoms. The van der Waals surface area contributed by atoms with Crippen molar-refractivity contribution in [3.63, 3.8) is 0 Å². The standard InChI is InChI=1S/C17H20O3/c1-2-13-20-16(18)17(19,14-9-5-3-6-10-14)15-11-7-4-8-12-15/h1,3,5-6,9-10,15,19H,4,7-8,11-13H2. The van der Waals surface area contributed by atoms with Crippen molar-refractivity contribution in [2.45, 2.75) is 37.7 Å². The molecule has 0 aromatic heterocycles. The first-order valence-electron chi connectivity index (χ1n) is 7.08. The highest BCUT2D eigenvalue weighted by atomic mass is 16.5. The Labute approximate surface area is 120 Å². The monoisotopic (exact) mass is 272 g/mol. The van der Waals surface area contributed by atoms with Crippen LogP contribution in [0.2, 0.25) is 0 Å². The van der Waals surface area contributed by atoms with Gasteiger partial charge in [0.2, 0.25) is 0 Å². The zero-order valence-corrected chi connectivity index (χ0v) is 11.5. The fourth-order valence-corrected chi connectivity index (χ4v) is 2.95. The molecule has 1 aliphatic rings. The van der Waals surface area contributed by atoms with Crippen molar-refractivity contribution in [3.8, 4) is 12.3 Å². The molecule has 1 atom stereocenters. The van der Waals surface area contributed by atoms with Gasteiger partial charge in [-0.1, -0.05) is 55.5 Å². The first-order valence-corrected chi connectivity index (χ1v) is 7.08. The maximum Gasteiger partial charge on any atom is 0.344 e. The molecule has 1 saturated carbocycles. The van der Waals surface area contributed by atoms with E-state index in [1.165, 1.54) is 0 Å². The predicted octanol–water partition coefficient (Wildman–Crippen LogP) is 2.63. The lowest BCUT2D eigenvalue weighted by Crippen LogP contribution is -2.45. The van der Waals surface area contributed by atoms with Gasteiger partial charge in [0.15, 0.2) is 12.2 Å². The summed E-state index contributed by atoms with van der Waals surface area (Å²) < 4.78 is 5.04. The number of benzene rings is 1. The maximum atomic E-state index is 12.4. The molecule has 0 radical (unpaired) electrons. The fraction of sp³-hybridized carbons (Fsp3) is 0.471. The van der Waals surface area contributed by atoms with Crippen LogP contribution < -0.4 is 0 Å². The first-order chi connectivity index (χ1) is 9.69. The lowest BCUT2D eigenvalue weighted by atomic mass is 9.73. The maximum absolute atomic E-state index is 12.4. The van der Waals surface area contributed by atoms with E-state index in [1.807, 2.05) is 18.2 Å². The molecule has 20 heavy (non-hydrogen) atoms. The Morgan fingerprint density at radius 2 is 1.95 bits per heavy atom. The van der Waals surface area contributed by atoms with Gasteiger partial charge in [-0.15, -0.1) is 6.42 Å². The minimum atomic E-state index is -1.58. The first kappa shape index (κ1) is 14.6. The van der Waals surface area contributed by atoms with E-state index in [-0.39, 0.29) is 12.5 Å². The second kappa shape index (κ2) is 6.58. The molecule has 0 spiro atoms. The molecule has 0 saturated heterocycles. The molecule has 1 aliphatic carbocycles. The van der Waals surface area contributed by atoms with Crippen LogP contribution in [0.1, 0.15) is 37.7 Å². The van der Waals surface area contributed by atoms with Crippen LogP contribution in [0.15, 0.2) is 30.3 Å². The number of hydrogen-bond acceptors (Lipinski definition) is 3. The molecule has 1 aromatic rings. The normalized spacial score (nSPS) is 18.8. The molecule has 0 heterocycles. The number of esters is 1. The van der Waals surface area contributed by atoms with E-state index in [2.05, 4.69) is 5.92 Å². The highest BCUT2D eigenvalue weighted by Crippen LogP contribution is 2.40. The summed E-state index contributed by atoms with van der Waals surface area (Å²) >= 11 is 0. The van der Waals surface area contributed by atoms with E-state index in [0.717, 1.165) is 32.1 Å². The number of aliphatic hydroxyl groups is 1. The van der Waals surface area contributed by atoms with Gasteiger partial charge in [0.1, 0.15) is 0 Å². The van der Waals surface area contributed by atoms with E-state index in [1.54, 1.807) is 12.1 Å². The molecule has 106 valence electrons. The summed E-state index contributed by atoms with van der Waals surface area (Å²) in [5, 5.41) is 11.1. The van der Waals surface area contributed by atoms with Crippen LogP contribution in [0.3, 0.4) is 0 Å². The van der Waals surface area contributed by atoms with E-state index in [4.69, 9.17) is 11.2 Å². The zero-order chi connectivity index (χ0) is 14.4. The summed E-state index contributed by atoms with van der Waals surface area (Å²) in [7, 11) is 0. The van der Waals surface area contributed by atoms with Crippen molar-refractivity contribution in [1.82, 2.24) is 0 Å². The van der Waals surface area contributed by atoms with Crippen LogP contribution >= 0.6 is 0 Å². The molecule has 2 rings (SSSR count). The van der Waals surface area contributed by atoms with E-state index >= 15 is 0 Å². The quantitative estimate of drug-likeness (QED) is 0.677. The van der Waals surface area contributed by atoms with Crippen LogP contribution in [0.25, 0.3) is 0 Å². The number of carbonyl (C=O) groups excluding carboxylic acids is 1. The summed E-state index contributed by atoms with van der Waals surface area (Å²) in [5.74, 6) is 1.53. The minimum absolute atomic E-state index is 0.107. The number of carbonyl (C=O) groups is 1. The van der Waals surface area contributed by atoms with Gasteiger partial charge in [0.25, 0.3) is 0 Å². The van der Waals surface area contributed by atoms with Crippen molar-refractivity contribution in [3.05, 3.63) is 35.9 Å². The van der Waals surface area contributed by atoms with Gasteiger partial charge in [-0.2, -0.15) is 0 Å². The lowest BCUT2D eigenvalue weighted by Gasteiger charge is -2.36. The Hall–Kier alpha value is -1.79. The average molecular weight is 272 g/mol. The van der Waals surface area contributed by atoms with Gasteiger partial charge >= 0.3 is 5.97 Å². The van der Waals surface area contributed by atoms with Gasteiger partial charge < -0.3 is 9.84 Å². The van der Waals surface area contributed by atoms with Crippen molar-refractivity contribution < 1.29 is 14.6 Å². The van der Waals surface area contributed by atoms with Crippen LogP contribution in [0.5, 0.6) is 0 Å². The highest BCUT2D eigenvalue weighted by molar-refractivity contribution is 5.81. The Morgan fingerprint density at radius 1 is 1.30 bits per heavy atom. The second-order valence-corrected chi connectivity index (χ2v) is 5.25. The van der Waals surface area contributed by atoms with Crippen molar-refractivity contribution in [2.75, 3.05) is 6.61 Å². The molecule has 1 N–H and O–H groups in total. The molecule has 1 unspecified atom stereocenters. The van der Waals surface area contributed by atoms with Gasteiger partial charge in [0.05, 0.1) is 0 Å². The van der Waals surface area contributed by atoms with E-state index < -0.39 is 11.6 Å². The summed E-state index contributed by atoms with van der Waals surface area (Å²) in [6.45, 7) is -0.110. The Bertz CT molecular complexity index is 483. The summed E-state index contributed by atoms with van der Waals surface area (Å²) in [4.78, 5) is 12.4.